The van der Waals surface area contributed by atoms with Gasteiger partial charge < -0.3 is 5.73 Å². The van der Waals surface area contributed by atoms with Gasteiger partial charge in [-0.1, -0.05) is 12.1 Å². The van der Waals surface area contributed by atoms with Crippen LogP contribution in [0, 0.1) is 0 Å². The van der Waals surface area contributed by atoms with E-state index < -0.39 is 0 Å². The van der Waals surface area contributed by atoms with Gasteiger partial charge >= 0.3 is 0 Å². The van der Waals surface area contributed by atoms with Gasteiger partial charge in [-0.2, -0.15) is 0 Å². The van der Waals surface area contributed by atoms with E-state index in [0.29, 0.717) is 5.16 Å². The Morgan fingerprint density at radius 3 is 2.67 bits per heavy atom. The summed E-state index contributed by atoms with van der Waals surface area (Å²) in [6, 6.07) is 13.4. The molecule has 0 aliphatic heterocycles. The van der Waals surface area contributed by atoms with Crippen molar-refractivity contribution in [3.05, 3.63) is 42.5 Å². The molecule has 102 valence electrons. The summed E-state index contributed by atoms with van der Waals surface area (Å²) in [6.45, 7) is 0. The van der Waals surface area contributed by atoms with Gasteiger partial charge in [0.25, 0.3) is 0 Å². The molecule has 21 heavy (non-hydrogen) atoms. The number of nitrogen functional groups attached to an aromatic ring is 1. The number of benzene rings is 2. The lowest BCUT2D eigenvalue weighted by atomic mass is 10.3. The maximum atomic E-state index is 5.79. The third-order valence-corrected chi connectivity index (χ3v) is 4.85. The highest BCUT2D eigenvalue weighted by Crippen LogP contribution is 2.33. The Labute approximate surface area is 128 Å². The molecule has 0 atom stereocenters. The molecule has 0 aliphatic carbocycles. The monoisotopic (exact) mass is 311 g/mol. The average Bonchev–Trinajstić information content (AvgIpc) is 2.88. The molecular weight excluding hydrogens is 302 g/mol. The Kier molecular flexibility index (Phi) is 2.94. The van der Waals surface area contributed by atoms with Crippen LogP contribution in [0.25, 0.3) is 21.3 Å². The molecule has 2 heterocycles. The molecule has 0 saturated carbocycles. The van der Waals surface area contributed by atoms with Crippen molar-refractivity contribution >= 4 is 50.0 Å². The zero-order valence-corrected chi connectivity index (χ0v) is 12.4. The van der Waals surface area contributed by atoms with Crippen LogP contribution in [0.5, 0.6) is 0 Å². The highest BCUT2D eigenvalue weighted by Gasteiger charge is 2.09. The fraction of sp³-hybridized carbons (Fsp3) is 0. The molecule has 0 spiro atoms. The number of nitrogens with two attached hydrogens (primary N) is 1. The maximum Gasteiger partial charge on any atom is 0.216 e. The minimum atomic E-state index is 0.598. The molecular formula is C14H9N5S2. The Balaban J connectivity index is 1.71. The van der Waals surface area contributed by atoms with E-state index in [9.17, 15) is 0 Å². The largest absolute Gasteiger partial charge is 0.399 e. The predicted molar refractivity (Wildman–Crippen MR) is 85.5 cm³/mol. The van der Waals surface area contributed by atoms with Crippen LogP contribution in [-0.2, 0) is 0 Å². The number of anilines is 1. The van der Waals surface area contributed by atoms with Gasteiger partial charge in [-0.25, -0.2) is 9.97 Å². The van der Waals surface area contributed by atoms with Crippen molar-refractivity contribution in [3.63, 3.8) is 0 Å². The molecule has 2 aromatic carbocycles. The van der Waals surface area contributed by atoms with E-state index in [1.807, 2.05) is 42.5 Å². The molecule has 7 heteroatoms. The summed E-state index contributed by atoms with van der Waals surface area (Å²) in [5, 5.41) is 8.90. The Bertz CT molecular complexity index is 950. The molecule has 0 radical (unpaired) electrons. The van der Waals surface area contributed by atoms with Crippen LogP contribution < -0.4 is 5.73 Å². The van der Waals surface area contributed by atoms with Crippen LogP contribution in [0.1, 0.15) is 0 Å². The van der Waals surface area contributed by atoms with E-state index in [-0.39, 0.29) is 0 Å². The number of fused-ring (bicyclic) bond motifs is 2. The minimum Gasteiger partial charge on any atom is -0.399 e. The van der Waals surface area contributed by atoms with E-state index in [1.54, 1.807) is 11.3 Å². The second-order valence-corrected chi connectivity index (χ2v) is 6.64. The minimum absolute atomic E-state index is 0.598. The summed E-state index contributed by atoms with van der Waals surface area (Å²) in [5.74, 6) is 0. The highest BCUT2D eigenvalue weighted by atomic mass is 32.2. The lowest BCUT2D eigenvalue weighted by Gasteiger charge is -1.97. The molecule has 0 bridgehead atoms. The second-order valence-electron chi connectivity index (χ2n) is 4.39. The van der Waals surface area contributed by atoms with Crippen LogP contribution in [-0.4, -0.2) is 20.2 Å². The first kappa shape index (κ1) is 12.5. The lowest BCUT2D eigenvalue weighted by Crippen LogP contribution is -1.91. The molecule has 4 aromatic rings. The van der Waals surface area contributed by atoms with Gasteiger partial charge in [0.05, 0.1) is 15.7 Å². The van der Waals surface area contributed by atoms with Crippen LogP contribution in [0.15, 0.2) is 52.0 Å². The molecule has 4 rings (SSSR count). The van der Waals surface area contributed by atoms with Crippen molar-refractivity contribution in [3.8, 4) is 0 Å². The Morgan fingerprint density at radius 2 is 1.76 bits per heavy atom. The van der Waals surface area contributed by atoms with Crippen LogP contribution in [0.4, 0.5) is 5.69 Å². The van der Waals surface area contributed by atoms with Gasteiger partial charge in [0.1, 0.15) is 5.52 Å². The fourth-order valence-electron chi connectivity index (χ4n) is 1.95. The Morgan fingerprint density at radius 1 is 0.905 bits per heavy atom. The molecule has 5 nitrogen and oxygen atoms in total. The number of hydrogen-bond acceptors (Lipinski definition) is 7. The summed E-state index contributed by atoms with van der Waals surface area (Å²) in [5.41, 5.74) is 9.09. The van der Waals surface area contributed by atoms with E-state index in [0.717, 1.165) is 31.3 Å². The van der Waals surface area contributed by atoms with Gasteiger partial charge in [0.15, 0.2) is 4.34 Å². The van der Waals surface area contributed by atoms with Gasteiger partial charge in [-0.15, -0.1) is 21.5 Å². The smallest absolute Gasteiger partial charge is 0.216 e. The standard InChI is InChI=1S/C14H9N5S2/c15-8-5-6-11-12(7-8)20-14(17-11)21-13-16-9-3-1-2-4-10(9)18-19-13/h1-7H,15H2. The first-order valence-electron chi connectivity index (χ1n) is 6.21. The zero-order chi connectivity index (χ0) is 14.2. The molecule has 2 aromatic heterocycles. The van der Waals surface area contributed by atoms with Gasteiger partial charge in [0.2, 0.25) is 5.16 Å². The number of aromatic nitrogens is 4. The first-order chi connectivity index (χ1) is 10.3. The topological polar surface area (TPSA) is 77.6 Å². The summed E-state index contributed by atoms with van der Waals surface area (Å²) < 4.78 is 1.94. The number of hydrogen-bond donors (Lipinski definition) is 1. The molecule has 0 saturated heterocycles. The van der Waals surface area contributed by atoms with Crippen molar-refractivity contribution in [2.45, 2.75) is 9.50 Å². The van der Waals surface area contributed by atoms with Crippen LogP contribution in [0.2, 0.25) is 0 Å². The normalized spacial score (nSPS) is 11.2. The fourth-order valence-corrected chi connectivity index (χ4v) is 3.88. The van der Waals surface area contributed by atoms with E-state index in [4.69, 9.17) is 5.73 Å². The van der Waals surface area contributed by atoms with E-state index >= 15 is 0 Å². The third kappa shape index (κ3) is 2.41. The molecule has 0 aliphatic rings. The van der Waals surface area contributed by atoms with Crippen molar-refractivity contribution in [2.24, 2.45) is 0 Å². The summed E-state index contributed by atoms with van der Waals surface area (Å²) in [4.78, 5) is 9.04. The van der Waals surface area contributed by atoms with Crippen molar-refractivity contribution in [2.75, 3.05) is 5.73 Å². The van der Waals surface area contributed by atoms with Crippen LogP contribution >= 0.6 is 23.1 Å². The summed E-state index contributed by atoms with van der Waals surface area (Å²) in [7, 11) is 0. The average molecular weight is 311 g/mol. The first-order valence-corrected chi connectivity index (χ1v) is 7.85. The summed E-state index contributed by atoms with van der Waals surface area (Å²) in [6.07, 6.45) is 0. The third-order valence-electron chi connectivity index (χ3n) is 2.91. The predicted octanol–water partition coefficient (Wildman–Crippen LogP) is 3.37. The summed E-state index contributed by atoms with van der Waals surface area (Å²) >= 11 is 2.99. The van der Waals surface area contributed by atoms with E-state index in [1.165, 1.54) is 11.8 Å². The zero-order valence-electron chi connectivity index (χ0n) is 10.7. The van der Waals surface area contributed by atoms with Crippen LogP contribution in [0.3, 0.4) is 0 Å². The lowest BCUT2D eigenvalue weighted by molar-refractivity contribution is 0.880. The Hall–Kier alpha value is -2.25. The van der Waals surface area contributed by atoms with E-state index in [2.05, 4.69) is 20.2 Å². The molecule has 0 fully saturated rings. The number of thiazole rings is 1. The SMILES string of the molecule is Nc1ccc2nc(Sc3nnc4ccccc4n3)sc2c1. The van der Waals surface area contributed by atoms with Gasteiger partial charge in [-0.05, 0) is 42.1 Å². The number of para-hydroxylation sites is 1. The highest BCUT2D eigenvalue weighted by molar-refractivity contribution is 8.01. The maximum absolute atomic E-state index is 5.79. The van der Waals surface area contributed by atoms with Crippen molar-refractivity contribution in [1.29, 1.82) is 0 Å². The second kappa shape index (κ2) is 4.94. The quantitative estimate of drug-likeness (QED) is 0.572. The number of nitrogens with zero attached hydrogens (tertiary/aromatic N) is 4. The molecule has 2 N–H and O–H groups in total. The van der Waals surface area contributed by atoms with Gasteiger partial charge in [-0.3, -0.25) is 0 Å². The molecule has 0 amide bonds. The van der Waals surface area contributed by atoms with Crippen molar-refractivity contribution < 1.29 is 0 Å². The van der Waals surface area contributed by atoms with Crippen molar-refractivity contribution in [1.82, 2.24) is 20.2 Å². The number of rotatable bonds is 2. The van der Waals surface area contributed by atoms with Gasteiger partial charge in [0, 0.05) is 5.69 Å². The molecule has 0 unspecified atom stereocenters.